The fraction of sp³-hybridized carbons (Fsp3) is 0.320. The van der Waals surface area contributed by atoms with Gasteiger partial charge in [-0.05, 0) is 66.6 Å². The molecule has 0 saturated carbocycles. The summed E-state index contributed by atoms with van der Waals surface area (Å²) in [5.74, 6) is -0.180. The lowest BCUT2D eigenvalue weighted by Gasteiger charge is -2.31. The normalized spacial score (nSPS) is 16.7. The van der Waals surface area contributed by atoms with E-state index < -0.39 is 10.0 Å². The van der Waals surface area contributed by atoms with Crippen LogP contribution in [0.15, 0.2) is 76.5 Å². The second-order valence-electron chi connectivity index (χ2n) is 8.19. The van der Waals surface area contributed by atoms with Gasteiger partial charge in [-0.1, -0.05) is 42.5 Å². The molecule has 0 aliphatic carbocycles. The molecule has 1 N–H and O–H groups in total. The molecule has 32 heavy (non-hydrogen) atoms. The fourth-order valence-electron chi connectivity index (χ4n) is 4.14. The molecule has 1 aliphatic rings. The van der Waals surface area contributed by atoms with Crippen molar-refractivity contribution in [2.75, 3.05) is 19.3 Å². The SMILES string of the molecule is CSc1ccc([C@H](C)NC(=O)C2CCN(S(=O)(=O)c3ccc4ccccc4c3)CC2)cc1. The summed E-state index contributed by atoms with van der Waals surface area (Å²) in [6.07, 6.45) is 3.08. The molecule has 1 atom stereocenters. The summed E-state index contributed by atoms with van der Waals surface area (Å²) < 4.78 is 27.8. The van der Waals surface area contributed by atoms with E-state index in [2.05, 4.69) is 17.4 Å². The van der Waals surface area contributed by atoms with Gasteiger partial charge in [-0.25, -0.2) is 8.42 Å². The van der Waals surface area contributed by atoms with Crippen LogP contribution < -0.4 is 5.32 Å². The van der Waals surface area contributed by atoms with Crippen molar-refractivity contribution in [3.63, 3.8) is 0 Å². The van der Waals surface area contributed by atoms with Gasteiger partial charge in [0, 0.05) is 23.9 Å². The van der Waals surface area contributed by atoms with Crippen molar-refractivity contribution < 1.29 is 13.2 Å². The standard InChI is InChI=1S/C25H28N2O3S2/c1-18(19-7-10-23(31-2)11-8-19)26-25(28)21-13-15-27(16-14-21)32(29,30)24-12-9-20-5-3-4-6-22(20)17-24/h3-12,17-18,21H,13-16H2,1-2H3,(H,26,28)/t18-/m0/s1. The molecule has 1 aliphatic heterocycles. The number of sulfonamides is 1. The van der Waals surface area contributed by atoms with Crippen molar-refractivity contribution in [1.82, 2.24) is 9.62 Å². The van der Waals surface area contributed by atoms with E-state index in [1.165, 1.54) is 9.20 Å². The molecule has 5 nitrogen and oxygen atoms in total. The zero-order valence-electron chi connectivity index (χ0n) is 18.3. The average molecular weight is 469 g/mol. The van der Waals surface area contributed by atoms with Crippen molar-refractivity contribution in [3.05, 3.63) is 72.3 Å². The van der Waals surface area contributed by atoms with Crippen LogP contribution in [-0.2, 0) is 14.8 Å². The molecule has 1 fully saturated rings. The Balaban J connectivity index is 1.37. The maximum Gasteiger partial charge on any atom is 0.243 e. The number of fused-ring (bicyclic) bond motifs is 1. The van der Waals surface area contributed by atoms with E-state index >= 15 is 0 Å². The Morgan fingerprint density at radius 2 is 1.66 bits per heavy atom. The van der Waals surface area contributed by atoms with Gasteiger partial charge in [0.1, 0.15) is 0 Å². The molecule has 0 aromatic heterocycles. The third kappa shape index (κ3) is 4.85. The molecular formula is C25H28N2O3S2. The number of rotatable bonds is 6. The van der Waals surface area contributed by atoms with Crippen LogP contribution in [0.2, 0.25) is 0 Å². The Morgan fingerprint density at radius 1 is 1.00 bits per heavy atom. The summed E-state index contributed by atoms with van der Waals surface area (Å²) in [5, 5.41) is 5.01. The molecule has 1 saturated heterocycles. The number of nitrogens with zero attached hydrogens (tertiary/aromatic N) is 1. The smallest absolute Gasteiger partial charge is 0.243 e. The van der Waals surface area contributed by atoms with Crippen molar-refractivity contribution in [1.29, 1.82) is 0 Å². The highest BCUT2D eigenvalue weighted by Crippen LogP contribution is 2.27. The largest absolute Gasteiger partial charge is 0.349 e. The maximum atomic E-state index is 13.1. The number of piperidine rings is 1. The van der Waals surface area contributed by atoms with Gasteiger partial charge >= 0.3 is 0 Å². The second kappa shape index (κ2) is 9.65. The zero-order chi connectivity index (χ0) is 22.7. The molecule has 1 heterocycles. The van der Waals surface area contributed by atoms with Crippen LogP contribution in [0.25, 0.3) is 10.8 Å². The van der Waals surface area contributed by atoms with E-state index in [4.69, 9.17) is 0 Å². The first-order chi connectivity index (χ1) is 15.4. The summed E-state index contributed by atoms with van der Waals surface area (Å²) in [5.41, 5.74) is 1.06. The molecule has 0 bridgehead atoms. The summed E-state index contributed by atoms with van der Waals surface area (Å²) >= 11 is 1.69. The first kappa shape index (κ1) is 22.8. The van der Waals surface area contributed by atoms with Gasteiger partial charge in [-0.3, -0.25) is 4.79 Å². The van der Waals surface area contributed by atoms with E-state index in [1.54, 1.807) is 23.9 Å². The molecule has 4 rings (SSSR count). The Kier molecular flexibility index (Phi) is 6.88. The zero-order valence-corrected chi connectivity index (χ0v) is 20.0. The summed E-state index contributed by atoms with van der Waals surface area (Å²) in [7, 11) is -3.58. The molecule has 3 aromatic rings. The minimum Gasteiger partial charge on any atom is -0.349 e. The molecule has 0 radical (unpaired) electrons. The van der Waals surface area contributed by atoms with Gasteiger partial charge in [0.05, 0.1) is 10.9 Å². The maximum absolute atomic E-state index is 13.1. The monoisotopic (exact) mass is 468 g/mol. The highest BCUT2D eigenvalue weighted by molar-refractivity contribution is 7.98. The molecule has 168 valence electrons. The predicted molar refractivity (Wildman–Crippen MR) is 130 cm³/mol. The van der Waals surface area contributed by atoms with Crippen LogP contribution in [0, 0.1) is 5.92 Å². The van der Waals surface area contributed by atoms with E-state index in [0.29, 0.717) is 30.8 Å². The van der Waals surface area contributed by atoms with Gasteiger partial charge in [-0.2, -0.15) is 4.31 Å². The Labute approximate surface area is 194 Å². The van der Waals surface area contributed by atoms with Crippen LogP contribution in [0.1, 0.15) is 31.4 Å². The lowest BCUT2D eigenvalue weighted by Crippen LogP contribution is -2.43. The van der Waals surface area contributed by atoms with Crippen LogP contribution >= 0.6 is 11.8 Å². The van der Waals surface area contributed by atoms with E-state index in [-0.39, 0.29) is 17.9 Å². The number of hydrogen-bond acceptors (Lipinski definition) is 4. The molecule has 3 aromatic carbocycles. The van der Waals surface area contributed by atoms with E-state index in [9.17, 15) is 13.2 Å². The Hall–Kier alpha value is -2.35. The highest BCUT2D eigenvalue weighted by atomic mass is 32.2. The van der Waals surface area contributed by atoms with Gasteiger partial charge in [0.15, 0.2) is 0 Å². The molecule has 0 unspecified atom stereocenters. The number of hydrogen-bond donors (Lipinski definition) is 1. The molecule has 0 spiro atoms. The van der Waals surface area contributed by atoms with Gasteiger partial charge < -0.3 is 5.32 Å². The second-order valence-corrected chi connectivity index (χ2v) is 11.0. The number of carbonyl (C=O) groups is 1. The highest BCUT2D eigenvalue weighted by Gasteiger charge is 2.32. The number of thioether (sulfide) groups is 1. The van der Waals surface area contributed by atoms with Crippen molar-refractivity contribution in [3.8, 4) is 0 Å². The topological polar surface area (TPSA) is 66.5 Å². The Bertz CT molecular complexity index is 1200. The van der Waals surface area contributed by atoms with Crippen molar-refractivity contribution in [2.45, 2.75) is 35.6 Å². The summed E-state index contributed by atoms with van der Waals surface area (Å²) in [4.78, 5) is 14.3. The number of nitrogens with one attached hydrogen (secondary N) is 1. The number of carbonyl (C=O) groups excluding carboxylic acids is 1. The molecule has 7 heteroatoms. The average Bonchev–Trinajstić information content (AvgIpc) is 2.83. The fourth-order valence-corrected chi connectivity index (χ4v) is 6.06. The molecular weight excluding hydrogens is 440 g/mol. The van der Waals surface area contributed by atoms with Gasteiger partial charge in [0.25, 0.3) is 0 Å². The minimum absolute atomic E-state index is 0.00537. The van der Waals surface area contributed by atoms with Crippen LogP contribution in [0.5, 0.6) is 0 Å². The van der Waals surface area contributed by atoms with Crippen molar-refractivity contribution in [2.24, 2.45) is 5.92 Å². The van der Waals surface area contributed by atoms with Crippen LogP contribution in [-0.4, -0.2) is 38.0 Å². The number of amides is 1. The lowest BCUT2D eigenvalue weighted by molar-refractivity contribution is -0.126. The van der Waals surface area contributed by atoms with Gasteiger partial charge in [-0.15, -0.1) is 11.8 Å². The van der Waals surface area contributed by atoms with Crippen molar-refractivity contribution >= 4 is 38.5 Å². The molecule has 1 amide bonds. The minimum atomic E-state index is -3.58. The van der Waals surface area contributed by atoms with Crippen LogP contribution in [0.4, 0.5) is 0 Å². The third-order valence-electron chi connectivity index (χ3n) is 6.16. The summed E-state index contributed by atoms with van der Waals surface area (Å²) in [6, 6.07) is 21.1. The van der Waals surface area contributed by atoms with Crippen LogP contribution in [0.3, 0.4) is 0 Å². The lowest BCUT2D eigenvalue weighted by atomic mass is 9.96. The van der Waals surface area contributed by atoms with E-state index in [0.717, 1.165) is 16.3 Å². The first-order valence-electron chi connectivity index (χ1n) is 10.8. The predicted octanol–water partition coefficient (Wildman–Crippen LogP) is 4.84. The van der Waals surface area contributed by atoms with Gasteiger partial charge in [0.2, 0.25) is 15.9 Å². The Morgan fingerprint density at radius 3 is 2.31 bits per heavy atom. The number of benzene rings is 3. The quantitative estimate of drug-likeness (QED) is 0.526. The third-order valence-corrected chi connectivity index (χ3v) is 8.80. The van der Waals surface area contributed by atoms with E-state index in [1.807, 2.05) is 55.6 Å². The first-order valence-corrected chi connectivity index (χ1v) is 13.5. The summed E-state index contributed by atoms with van der Waals surface area (Å²) in [6.45, 7) is 2.68.